The number of hydrogen-bond donors (Lipinski definition) is 1. The first-order valence-corrected chi connectivity index (χ1v) is 7.91. The third kappa shape index (κ3) is 5.93. The molecule has 0 aliphatic carbocycles. The lowest BCUT2D eigenvalue weighted by Crippen LogP contribution is -2.42. The average molecular weight is 309 g/mol. The topological polar surface area (TPSA) is 51.2 Å². The molecule has 0 saturated carbocycles. The van der Waals surface area contributed by atoms with Crippen molar-refractivity contribution >= 4 is 0 Å². The highest BCUT2D eigenvalue weighted by molar-refractivity contribution is 5.33. The smallest absolute Gasteiger partial charge is 0.119 e. The summed E-state index contributed by atoms with van der Waals surface area (Å²) in [5.41, 5.74) is 2.48. The van der Waals surface area contributed by atoms with Crippen LogP contribution in [0.2, 0.25) is 0 Å². The summed E-state index contributed by atoms with van der Waals surface area (Å²) in [5, 5.41) is 9.94. The summed E-state index contributed by atoms with van der Waals surface area (Å²) in [7, 11) is 0. The van der Waals surface area contributed by atoms with Crippen LogP contribution in [0.1, 0.15) is 11.1 Å². The SMILES string of the molecule is Cc1ccc(OCCOC[C@@H](O)CN2CCOCC2)cc1C. The van der Waals surface area contributed by atoms with Crippen LogP contribution in [0, 0.1) is 13.8 Å². The van der Waals surface area contributed by atoms with Crippen LogP contribution in [-0.4, -0.2) is 68.8 Å². The van der Waals surface area contributed by atoms with Gasteiger partial charge >= 0.3 is 0 Å². The minimum absolute atomic E-state index is 0.341. The van der Waals surface area contributed by atoms with Crippen LogP contribution < -0.4 is 4.74 Å². The van der Waals surface area contributed by atoms with Gasteiger partial charge in [0, 0.05) is 19.6 Å². The number of benzene rings is 1. The molecule has 5 heteroatoms. The summed E-state index contributed by atoms with van der Waals surface area (Å²) in [5.74, 6) is 0.862. The first-order chi connectivity index (χ1) is 10.6. The van der Waals surface area contributed by atoms with Gasteiger partial charge in [-0.1, -0.05) is 6.07 Å². The molecule has 0 bridgehead atoms. The fourth-order valence-corrected chi connectivity index (χ4v) is 2.38. The Hall–Kier alpha value is -1.14. The number of morpholine rings is 1. The monoisotopic (exact) mass is 309 g/mol. The molecule has 1 fully saturated rings. The van der Waals surface area contributed by atoms with Crippen LogP contribution in [0.4, 0.5) is 0 Å². The maximum absolute atomic E-state index is 9.94. The van der Waals surface area contributed by atoms with E-state index in [0.717, 1.165) is 32.1 Å². The summed E-state index contributed by atoms with van der Waals surface area (Å²) in [6, 6.07) is 6.05. The molecule has 1 aromatic carbocycles. The first kappa shape index (κ1) is 17.2. The van der Waals surface area contributed by atoms with Gasteiger partial charge in [0.05, 0.1) is 32.5 Å². The van der Waals surface area contributed by atoms with Gasteiger partial charge < -0.3 is 19.3 Å². The molecule has 0 amide bonds. The molecule has 22 heavy (non-hydrogen) atoms. The molecule has 1 aromatic rings. The quantitative estimate of drug-likeness (QED) is 0.736. The maximum atomic E-state index is 9.94. The van der Waals surface area contributed by atoms with Crippen molar-refractivity contribution in [2.24, 2.45) is 0 Å². The van der Waals surface area contributed by atoms with Crippen molar-refractivity contribution in [1.29, 1.82) is 0 Å². The Morgan fingerprint density at radius 3 is 2.68 bits per heavy atom. The highest BCUT2D eigenvalue weighted by Crippen LogP contribution is 2.16. The molecule has 1 aliphatic heterocycles. The molecular weight excluding hydrogens is 282 g/mol. The Labute approximate surface area is 132 Å². The fourth-order valence-electron chi connectivity index (χ4n) is 2.38. The molecule has 1 N–H and O–H groups in total. The van der Waals surface area contributed by atoms with E-state index in [1.807, 2.05) is 12.1 Å². The number of nitrogens with zero attached hydrogens (tertiary/aromatic N) is 1. The van der Waals surface area contributed by atoms with E-state index >= 15 is 0 Å². The Bertz CT molecular complexity index is 446. The fraction of sp³-hybridized carbons (Fsp3) is 0.647. The van der Waals surface area contributed by atoms with Gasteiger partial charge in [0.15, 0.2) is 0 Å². The first-order valence-electron chi connectivity index (χ1n) is 7.91. The zero-order chi connectivity index (χ0) is 15.8. The summed E-state index contributed by atoms with van der Waals surface area (Å²) in [6.45, 7) is 9.36. The second kappa shape index (κ2) is 9.10. The van der Waals surface area contributed by atoms with Crippen molar-refractivity contribution < 1.29 is 19.3 Å². The van der Waals surface area contributed by atoms with Gasteiger partial charge in [0.1, 0.15) is 12.4 Å². The number of aliphatic hydroxyl groups excluding tert-OH is 1. The number of aryl methyl sites for hydroxylation is 2. The molecule has 1 aliphatic rings. The summed E-state index contributed by atoms with van der Waals surface area (Å²) >= 11 is 0. The molecule has 0 spiro atoms. The minimum Gasteiger partial charge on any atom is -0.491 e. The van der Waals surface area contributed by atoms with Gasteiger partial charge in [-0.05, 0) is 37.1 Å². The Morgan fingerprint density at radius 2 is 1.95 bits per heavy atom. The van der Waals surface area contributed by atoms with Crippen LogP contribution in [0.5, 0.6) is 5.75 Å². The van der Waals surface area contributed by atoms with Crippen molar-refractivity contribution in [3.05, 3.63) is 29.3 Å². The number of aliphatic hydroxyl groups is 1. The zero-order valence-electron chi connectivity index (χ0n) is 13.6. The largest absolute Gasteiger partial charge is 0.491 e. The number of rotatable bonds is 8. The van der Waals surface area contributed by atoms with E-state index in [-0.39, 0.29) is 0 Å². The molecule has 0 aromatic heterocycles. The molecule has 0 radical (unpaired) electrons. The van der Waals surface area contributed by atoms with E-state index in [9.17, 15) is 5.11 Å². The van der Waals surface area contributed by atoms with Crippen LogP contribution in [0.3, 0.4) is 0 Å². The third-order valence-corrected chi connectivity index (χ3v) is 3.86. The summed E-state index contributed by atoms with van der Waals surface area (Å²) in [4.78, 5) is 2.20. The Kier molecular flexibility index (Phi) is 7.12. The van der Waals surface area contributed by atoms with E-state index in [1.165, 1.54) is 11.1 Å². The van der Waals surface area contributed by atoms with Crippen molar-refractivity contribution in [3.63, 3.8) is 0 Å². The number of ether oxygens (including phenoxy) is 3. The van der Waals surface area contributed by atoms with Gasteiger partial charge in [0.25, 0.3) is 0 Å². The van der Waals surface area contributed by atoms with Gasteiger partial charge in [-0.25, -0.2) is 0 Å². The van der Waals surface area contributed by atoms with Crippen LogP contribution in [-0.2, 0) is 9.47 Å². The highest BCUT2D eigenvalue weighted by atomic mass is 16.5. The number of hydrogen-bond acceptors (Lipinski definition) is 5. The van der Waals surface area contributed by atoms with Gasteiger partial charge in [0.2, 0.25) is 0 Å². The molecule has 1 heterocycles. The second-order valence-corrected chi connectivity index (χ2v) is 5.74. The molecule has 124 valence electrons. The average Bonchev–Trinajstić information content (AvgIpc) is 2.51. The molecule has 5 nitrogen and oxygen atoms in total. The second-order valence-electron chi connectivity index (χ2n) is 5.74. The van der Waals surface area contributed by atoms with Gasteiger partial charge in [-0.2, -0.15) is 0 Å². The predicted molar refractivity (Wildman–Crippen MR) is 85.5 cm³/mol. The van der Waals surface area contributed by atoms with Crippen LogP contribution in [0.25, 0.3) is 0 Å². The van der Waals surface area contributed by atoms with Crippen LogP contribution in [0.15, 0.2) is 18.2 Å². The predicted octanol–water partition coefficient (Wildman–Crippen LogP) is 1.39. The Balaban J connectivity index is 1.55. The summed E-state index contributed by atoms with van der Waals surface area (Å²) in [6.07, 6.45) is -0.459. The standard InChI is InChI=1S/C17H27NO4/c1-14-3-4-17(11-15(14)2)22-10-9-21-13-16(19)12-18-5-7-20-8-6-18/h3-4,11,16,19H,5-10,12-13H2,1-2H3/t16-/m0/s1. The van der Waals surface area contributed by atoms with E-state index in [2.05, 4.69) is 24.8 Å². The van der Waals surface area contributed by atoms with Crippen molar-refractivity contribution in [2.45, 2.75) is 20.0 Å². The lowest BCUT2D eigenvalue weighted by Gasteiger charge is -2.28. The zero-order valence-corrected chi connectivity index (χ0v) is 13.6. The Morgan fingerprint density at radius 1 is 1.18 bits per heavy atom. The van der Waals surface area contributed by atoms with Gasteiger partial charge in [-0.3, -0.25) is 4.90 Å². The number of β-amino-alcohol motifs (C(OH)–C–C–N with tert-alkyl or cyclic N) is 1. The van der Waals surface area contributed by atoms with E-state index in [4.69, 9.17) is 14.2 Å². The van der Waals surface area contributed by atoms with Crippen molar-refractivity contribution in [1.82, 2.24) is 4.90 Å². The van der Waals surface area contributed by atoms with Crippen molar-refractivity contribution in [2.75, 3.05) is 52.7 Å². The molecule has 2 rings (SSSR count). The molecule has 1 saturated heterocycles. The van der Waals surface area contributed by atoms with Crippen molar-refractivity contribution in [3.8, 4) is 5.75 Å². The van der Waals surface area contributed by atoms with Crippen LogP contribution >= 0.6 is 0 Å². The minimum atomic E-state index is -0.459. The lowest BCUT2D eigenvalue weighted by atomic mass is 10.1. The van der Waals surface area contributed by atoms with Gasteiger partial charge in [-0.15, -0.1) is 0 Å². The summed E-state index contributed by atoms with van der Waals surface area (Å²) < 4.78 is 16.4. The third-order valence-electron chi connectivity index (χ3n) is 3.86. The maximum Gasteiger partial charge on any atom is 0.119 e. The highest BCUT2D eigenvalue weighted by Gasteiger charge is 2.14. The van der Waals surface area contributed by atoms with E-state index in [1.54, 1.807) is 0 Å². The molecule has 1 atom stereocenters. The molecule has 0 unspecified atom stereocenters. The van der Waals surface area contributed by atoms with E-state index < -0.39 is 6.10 Å². The lowest BCUT2D eigenvalue weighted by molar-refractivity contribution is -0.0178. The van der Waals surface area contributed by atoms with E-state index in [0.29, 0.717) is 26.4 Å². The normalized spacial score (nSPS) is 17.4. The molecular formula is C17H27NO4.